The van der Waals surface area contributed by atoms with E-state index in [2.05, 4.69) is 22.2 Å². The van der Waals surface area contributed by atoms with Crippen LogP contribution in [0.4, 0.5) is 21.9 Å². The monoisotopic (exact) mass is 511 g/mol. The molecule has 1 atom stereocenters. The highest BCUT2D eigenvalue weighted by molar-refractivity contribution is 7.21. The zero-order chi connectivity index (χ0) is 24.3. The number of thiophene rings is 1. The Balaban J connectivity index is 1.38. The second kappa shape index (κ2) is 8.14. The summed E-state index contributed by atoms with van der Waals surface area (Å²) >= 11 is 7.68. The number of hydrogen-bond donors (Lipinski definition) is 2. The highest BCUT2D eigenvalue weighted by atomic mass is 35.5. The number of pyridine rings is 1. The van der Waals surface area contributed by atoms with Crippen LogP contribution in [0.2, 0.25) is 5.02 Å². The van der Waals surface area contributed by atoms with Gasteiger partial charge in [0, 0.05) is 25.3 Å². The molecule has 4 amide bonds. The van der Waals surface area contributed by atoms with Crippen molar-refractivity contribution in [3.63, 3.8) is 0 Å². The lowest BCUT2D eigenvalue weighted by molar-refractivity contribution is -0.125. The van der Waals surface area contributed by atoms with Crippen LogP contribution in [-0.2, 0) is 4.79 Å². The Morgan fingerprint density at radius 2 is 2.17 bits per heavy atom. The summed E-state index contributed by atoms with van der Waals surface area (Å²) in [4.78, 5) is 46.9. The standard InChI is InChI=1S/C23H18ClN5O5S/c1-2-15(30)28-8-6-11(9-28)26-21(31)20-17-16-13(5-7-25-22(16)35-20)29(23(32)27-17)18-12(24)3-4-14-19(18)34-10-33-14/h2-5,7,11H,1,6,8-10H2,(H,26,31)(H,27,32)/t11-/m1/s1. The fourth-order valence-corrected chi connectivity index (χ4v) is 5.82. The third-order valence-electron chi connectivity index (χ3n) is 6.15. The molecule has 12 heteroatoms. The number of ether oxygens (including phenoxy) is 2. The minimum absolute atomic E-state index is 0.0227. The molecule has 1 fully saturated rings. The summed E-state index contributed by atoms with van der Waals surface area (Å²) in [6, 6.07) is 4.32. The maximum absolute atomic E-state index is 13.4. The summed E-state index contributed by atoms with van der Waals surface area (Å²) in [6.07, 6.45) is 3.48. The lowest BCUT2D eigenvalue weighted by atomic mass is 10.1. The van der Waals surface area contributed by atoms with Crippen molar-refractivity contribution in [2.24, 2.45) is 0 Å². The lowest BCUT2D eigenvalue weighted by Crippen LogP contribution is -2.39. The Kier molecular flexibility index (Phi) is 5.04. The molecule has 5 heterocycles. The molecule has 1 saturated heterocycles. The summed E-state index contributed by atoms with van der Waals surface area (Å²) in [5.74, 6) is 0.352. The van der Waals surface area contributed by atoms with Gasteiger partial charge in [0.25, 0.3) is 5.91 Å². The van der Waals surface area contributed by atoms with E-state index in [0.717, 1.165) is 0 Å². The van der Waals surface area contributed by atoms with Gasteiger partial charge in [-0.3, -0.25) is 14.5 Å². The summed E-state index contributed by atoms with van der Waals surface area (Å²) in [7, 11) is 0. The molecule has 0 saturated carbocycles. The third-order valence-corrected chi connectivity index (χ3v) is 7.55. The Bertz CT molecular complexity index is 1440. The van der Waals surface area contributed by atoms with Gasteiger partial charge in [0.05, 0.1) is 21.8 Å². The van der Waals surface area contributed by atoms with Gasteiger partial charge in [-0.15, -0.1) is 11.3 Å². The van der Waals surface area contributed by atoms with Crippen molar-refractivity contribution in [1.29, 1.82) is 0 Å². The van der Waals surface area contributed by atoms with E-state index in [9.17, 15) is 14.4 Å². The Morgan fingerprint density at radius 3 is 3.00 bits per heavy atom. The molecule has 6 rings (SSSR count). The van der Waals surface area contributed by atoms with E-state index in [0.29, 0.717) is 68.2 Å². The number of rotatable bonds is 4. The zero-order valence-electron chi connectivity index (χ0n) is 18.2. The van der Waals surface area contributed by atoms with Crippen LogP contribution in [0, 0.1) is 0 Å². The van der Waals surface area contributed by atoms with Crippen molar-refractivity contribution in [2.75, 3.05) is 30.1 Å². The summed E-state index contributed by atoms with van der Waals surface area (Å²) in [5.41, 5.74) is 1.27. The molecule has 10 nitrogen and oxygen atoms in total. The number of benzene rings is 1. The van der Waals surface area contributed by atoms with E-state index in [1.807, 2.05) is 0 Å². The van der Waals surface area contributed by atoms with E-state index < -0.39 is 6.03 Å². The number of amides is 4. The molecule has 3 aromatic rings. The molecule has 3 aliphatic heterocycles. The average molecular weight is 512 g/mol. The fourth-order valence-electron chi connectivity index (χ4n) is 4.57. The van der Waals surface area contributed by atoms with Crippen LogP contribution < -0.4 is 25.0 Å². The highest BCUT2D eigenvalue weighted by Gasteiger charge is 2.37. The van der Waals surface area contributed by atoms with Crippen molar-refractivity contribution in [2.45, 2.75) is 12.5 Å². The number of hydrogen-bond acceptors (Lipinski definition) is 7. The van der Waals surface area contributed by atoms with Crippen LogP contribution in [0.25, 0.3) is 10.2 Å². The number of fused-ring (bicyclic) bond motifs is 1. The molecule has 0 aliphatic carbocycles. The predicted molar refractivity (Wildman–Crippen MR) is 131 cm³/mol. The Hall–Kier alpha value is -3.83. The van der Waals surface area contributed by atoms with Gasteiger partial charge in [-0.1, -0.05) is 18.2 Å². The number of nitrogens with zero attached hydrogens (tertiary/aromatic N) is 3. The number of urea groups is 1. The highest BCUT2D eigenvalue weighted by Crippen LogP contribution is 2.52. The molecule has 1 aromatic carbocycles. The second-order valence-electron chi connectivity index (χ2n) is 8.16. The van der Waals surface area contributed by atoms with Gasteiger partial charge >= 0.3 is 6.03 Å². The smallest absolute Gasteiger partial charge is 0.331 e. The molecule has 178 valence electrons. The molecule has 0 bridgehead atoms. The van der Waals surface area contributed by atoms with Gasteiger partial charge in [-0.25, -0.2) is 9.78 Å². The average Bonchev–Trinajstić information content (AvgIpc) is 3.59. The minimum atomic E-state index is -0.494. The largest absolute Gasteiger partial charge is 0.454 e. The summed E-state index contributed by atoms with van der Waals surface area (Å²) in [6.45, 7) is 4.48. The van der Waals surface area contributed by atoms with Gasteiger partial charge in [-0.05, 0) is 30.7 Å². The van der Waals surface area contributed by atoms with Crippen LogP contribution >= 0.6 is 22.9 Å². The van der Waals surface area contributed by atoms with Crippen molar-refractivity contribution in [3.8, 4) is 11.5 Å². The molecule has 3 aliphatic rings. The van der Waals surface area contributed by atoms with E-state index in [1.165, 1.54) is 22.3 Å². The summed E-state index contributed by atoms with van der Waals surface area (Å²) < 4.78 is 11.1. The van der Waals surface area contributed by atoms with Gasteiger partial charge in [0.1, 0.15) is 15.4 Å². The lowest BCUT2D eigenvalue weighted by Gasteiger charge is -2.29. The third kappa shape index (κ3) is 3.38. The first-order valence-electron chi connectivity index (χ1n) is 10.8. The van der Waals surface area contributed by atoms with E-state index in [1.54, 1.807) is 29.3 Å². The first kappa shape index (κ1) is 21.7. The number of aromatic nitrogens is 1. The van der Waals surface area contributed by atoms with Gasteiger partial charge in [0.2, 0.25) is 12.7 Å². The number of halogens is 1. The van der Waals surface area contributed by atoms with Crippen LogP contribution in [0.15, 0.2) is 37.1 Å². The van der Waals surface area contributed by atoms with E-state index in [4.69, 9.17) is 21.1 Å². The fraction of sp³-hybridized carbons (Fsp3) is 0.217. The Labute approximate surface area is 208 Å². The van der Waals surface area contributed by atoms with Crippen molar-refractivity contribution < 1.29 is 23.9 Å². The van der Waals surface area contributed by atoms with Crippen LogP contribution in [0.5, 0.6) is 11.5 Å². The van der Waals surface area contributed by atoms with Crippen LogP contribution in [-0.4, -0.2) is 53.7 Å². The van der Waals surface area contributed by atoms with Crippen molar-refractivity contribution in [3.05, 3.63) is 47.0 Å². The predicted octanol–water partition coefficient (Wildman–Crippen LogP) is 3.88. The molecule has 35 heavy (non-hydrogen) atoms. The topological polar surface area (TPSA) is 113 Å². The molecule has 0 spiro atoms. The van der Waals surface area contributed by atoms with E-state index >= 15 is 0 Å². The summed E-state index contributed by atoms with van der Waals surface area (Å²) in [5, 5.41) is 6.76. The molecule has 2 aromatic heterocycles. The number of nitrogens with one attached hydrogen (secondary N) is 2. The number of carbonyl (C=O) groups is 3. The second-order valence-corrected chi connectivity index (χ2v) is 9.57. The first-order valence-corrected chi connectivity index (χ1v) is 12.0. The minimum Gasteiger partial charge on any atom is -0.454 e. The van der Waals surface area contributed by atoms with E-state index in [-0.39, 0.29) is 24.6 Å². The first-order chi connectivity index (χ1) is 17.0. The maximum atomic E-state index is 13.4. The molecular formula is C23H18ClN5O5S. The molecule has 0 unspecified atom stereocenters. The number of carbonyl (C=O) groups excluding carboxylic acids is 3. The maximum Gasteiger partial charge on any atom is 0.331 e. The van der Waals surface area contributed by atoms with Crippen molar-refractivity contribution >= 4 is 68.1 Å². The SMILES string of the molecule is C=CC(=O)N1CC[C@@H](NC(=O)c2sc3nccc4c3c2NC(=O)N4c2c(Cl)ccc3c2OCO3)C1. The number of anilines is 3. The van der Waals surface area contributed by atoms with Gasteiger partial charge in [-0.2, -0.15) is 0 Å². The van der Waals surface area contributed by atoms with Crippen molar-refractivity contribution in [1.82, 2.24) is 15.2 Å². The Morgan fingerprint density at radius 1 is 1.31 bits per heavy atom. The van der Waals surface area contributed by atoms with Gasteiger partial charge < -0.3 is 25.0 Å². The molecule has 0 radical (unpaired) electrons. The van der Waals surface area contributed by atoms with Crippen LogP contribution in [0.1, 0.15) is 16.1 Å². The zero-order valence-corrected chi connectivity index (χ0v) is 19.7. The quantitative estimate of drug-likeness (QED) is 0.514. The number of likely N-dealkylation sites (tertiary alicyclic amines) is 1. The molecule has 2 N–H and O–H groups in total. The molecular weight excluding hydrogens is 494 g/mol. The van der Waals surface area contributed by atoms with Gasteiger partial charge in [0.15, 0.2) is 11.5 Å². The van der Waals surface area contributed by atoms with Crippen LogP contribution in [0.3, 0.4) is 0 Å². The normalized spacial score (nSPS) is 18.1.